The molecule has 1 aromatic carbocycles. The summed E-state index contributed by atoms with van der Waals surface area (Å²) in [6, 6.07) is 5.83. The van der Waals surface area contributed by atoms with E-state index in [-0.39, 0.29) is 30.8 Å². The molecule has 4 N–H and O–H groups in total. The Morgan fingerprint density at radius 3 is 2.51 bits per heavy atom. The molecule has 0 spiro atoms. The zero-order chi connectivity index (χ0) is 39.1. The number of alkyl carbamates (subject to hydrolysis) is 1. The van der Waals surface area contributed by atoms with Crippen LogP contribution in [0.1, 0.15) is 72.6 Å². The lowest BCUT2D eigenvalue weighted by Gasteiger charge is -2.28. The van der Waals surface area contributed by atoms with E-state index in [1.54, 1.807) is 25.3 Å². The Morgan fingerprint density at radius 1 is 1.13 bits per heavy atom. The average Bonchev–Trinajstić information content (AvgIpc) is 3.56. The van der Waals surface area contributed by atoms with E-state index in [1.807, 2.05) is 55.5 Å². The van der Waals surface area contributed by atoms with Crippen molar-refractivity contribution in [1.82, 2.24) is 28.8 Å². The van der Waals surface area contributed by atoms with Crippen molar-refractivity contribution in [3.05, 3.63) is 55.1 Å². The topological polar surface area (TPSA) is 195 Å². The van der Waals surface area contributed by atoms with E-state index >= 15 is 0 Å². The minimum absolute atomic E-state index is 0.00926. The highest BCUT2D eigenvalue weighted by molar-refractivity contribution is 7.87. The lowest BCUT2D eigenvalue weighted by molar-refractivity contribution is -0.139. The molecule has 4 rings (SSSR count). The Hall–Kier alpha value is -4.70. The Morgan fingerprint density at radius 2 is 1.85 bits per heavy atom. The molecule has 4 amide bonds. The van der Waals surface area contributed by atoms with Gasteiger partial charge in [0.15, 0.2) is 0 Å². The van der Waals surface area contributed by atoms with Crippen molar-refractivity contribution < 1.29 is 37.1 Å². The third kappa shape index (κ3) is 11.2. The number of allylic oxidation sites excluding steroid dienone is 5. The van der Waals surface area contributed by atoms with E-state index in [1.165, 1.54) is 19.0 Å². The van der Waals surface area contributed by atoms with Crippen molar-refractivity contribution >= 4 is 50.8 Å². The summed E-state index contributed by atoms with van der Waals surface area (Å²) in [4.78, 5) is 57.9. The van der Waals surface area contributed by atoms with E-state index in [9.17, 15) is 27.6 Å². The van der Waals surface area contributed by atoms with Crippen molar-refractivity contribution in [2.24, 2.45) is 17.6 Å². The number of primary amides is 1. The van der Waals surface area contributed by atoms with E-state index in [2.05, 4.69) is 21.6 Å². The molecular formula is C37H53N7O8S. The Kier molecular flexibility index (Phi) is 13.5. The van der Waals surface area contributed by atoms with E-state index in [0.717, 1.165) is 29.1 Å². The van der Waals surface area contributed by atoms with Gasteiger partial charge in [-0.3, -0.25) is 19.0 Å². The summed E-state index contributed by atoms with van der Waals surface area (Å²) in [6.45, 7) is 11.2. The number of rotatable bonds is 17. The normalized spacial score (nSPS) is 20.9. The lowest BCUT2D eigenvalue weighted by atomic mass is 10.0. The number of nitrogens with one attached hydrogen (secondary N) is 2. The predicted octanol–water partition coefficient (Wildman–Crippen LogP) is 3.88. The van der Waals surface area contributed by atoms with Crippen LogP contribution in [0.25, 0.3) is 16.7 Å². The first kappa shape index (κ1) is 41.1. The van der Waals surface area contributed by atoms with Gasteiger partial charge < -0.3 is 25.4 Å². The molecule has 2 fully saturated rings. The molecule has 1 aliphatic carbocycles. The smallest absolute Gasteiger partial charge is 0.408 e. The van der Waals surface area contributed by atoms with Crippen LogP contribution in [0.2, 0.25) is 0 Å². The van der Waals surface area contributed by atoms with Gasteiger partial charge >= 0.3 is 22.3 Å². The summed E-state index contributed by atoms with van der Waals surface area (Å²) < 4.78 is 40.4. The first-order valence-corrected chi connectivity index (χ1v) is 19.3. The van der Waals surface area contributed by atoms with Gasteiger partial charge in [0, 0.05) is 32.1 Å². The second kappa shape index (κ2) is 17.4. The number of amides is 4. The van der Waals surface area contributed by atoms with Crippen LogP contribution in [0.3, 0.4) is 0 Å². The molecule has 1 aliphatic heterocycles. The molecule has 0 radical (unpaired) electrons. The second-order valence-corrected chi connectivity index (χ2v) is 16.5. The minimum atomic E-state index is -3.82. The molecule has 1 saturated carbocycles. The number of imidazole rings is 1. The van der Waals surface area contributed by atoms with E-state index < -0.39 is 57.8 Å². The number of unbranched alkanes of at least 4 members (excludes halogenated alkanes) is 3. The monoisotopic (exact) mass is 755 g/mol. The fourth-order valence-electron chi connectivity index (χ4n) is 6.16. The fraction of sp³-hybridized carbons (Fsp3) is 0.541. The van der Waals surface area contributed by atoms with Gasteiger partial charge in [0.2, 0.25) is 17.7 Å². The summed E-state index contributed by atoms with van der Waals surface area (Å²) in [6.07, 6.45) is 10.1. The zero-order valence-electron chi connectivity index (χ0n) is 31.4. The first-order valence-electron chi connectivity index (χ1n) is 17.9. The average molecular weight is 756 g/mol. The van der Waals surface area contributed by atoms with Gasteiger partial charge in [0.05, 0.1) is 17.6 Å². The quantitative estimate of drug-likeness (QED) is 0.122. The van der Waals surface area contributed by atoms with Crippen molar-refractivity contribution in [1.29, 1.82) is 0 Å². The number of fused-ring (bicyclic) bond motifs is 1. The molecule has 290 valence electrons. The van der Waals surface area contributed by atoms with Gasteiger partial charge in [0.1, 0.15) is 23.8 Å². The van der Waals surface area contributed by atoms with Crippen molar-refractivity contribution in [3.63, 3.8) is 0 Å². The van der Waals surface area contributed by atoms with Gasteiger partial charge in [-0.25, -0.2) is 9.52 Å². The highest BCUT2D eigenvalue weighted by Crippen LogP contribution is 2.40. The van der Waals surface area contributed by atoms with Crippen LogP contribution in [0.5, 0.6) is 6.01 Å². The van der Waals surface area contributed by atoms with Gasteiger partial charge in [-0.1, -0.05) is 49.8 Å². The third-order valence-electron chi connectivity index (χ3n) is 8.95. The number of likely N-dealkylation sites (tertiary alicyclic amines) is 1. The van der Waals surface area contributed by atoms with Gasteiger partial charge in [-0.15, -0.1) is 0 Å². The third-order valence-corrected chi connectivity index (χ3v) is 10.4. The summed E-state index contributed by atoms with van der Waals surface area (Å²) in [7, 11) is -1.12. The molecule has 1 saturated heterocycles. The molecule has 1 unspecified atom stereocenters. The van der Waals surface area contributed by atoms with Crippen LogP contribution in [0, 0.1) is 11.8 Å². The van der Waals surface area contributed by atoms with Crippen LogP contribution < -0.4 is 20.5 Å². The van der Waals surface area contributed by atoms with Crippen LogP contribution in [-0.4, -0.2) is 95.4 Å². The van der Waals surface area contributed by atoms with Gasteiger partial charge in [0.25, 0.3) is 0 Å². The summed E-state index contributed by atoms with van der Waals surface area (Å²) >= 11 is 0. The number of aromatic nitrogens is 2. The molecule has 53 heavy (non-hydrogen) atoms. The zero-order valence-corrected chi connectivity index (χ0v) is 32.2. The van der Waals surface area contributed by atoms with Gasteiger partial charge in [-0.05, 0) is 77.5 Å². The largest absolute Gasteiger partial charge is 0.459 e. The molecule has 5 atom stereocenters. The molecule has 2 heterocycles. The predicted molar refractivity (Wildman–Crippen MR) is 201 cm³/mol. The molecule has 2 aromatic rings. The highest BCUT2D eigenvalue weighted by Gasteiger charge is 2.44. The number of carbonyl (C=O) groups excluding carboxylic acids is 4. The number of hydrogen-bond acceptors (Lipinski definition) is 9. The maximum Gasteiger partial charge on any atom is 0.408 e. The number of benzene rings is 1. The first-order chi connectivity index (χ1) is 24.9. The molecular weight excluding hydrogens is 703 g/mol. The number of para-hydroxylation sites is 2. The number of nitrogens with two attached hydrogens (primary N) is 1. The number of carbonyl (C=O) groups is 4. The molecule has 15 nitrogen and oxygen atoms in total. The number of hydrogen-bond donors (Lipinski definition) is 3. The Bertz CT molecular complexity index is 1850. The molecule has 1 aromatic heterocycles. The van der Waals surface area contributed by atoms with Crippen LogP contribution >= 0.6 is 0 Å². The molecule has 16 heteroatoms. The lowest BCUT2D eigenvalue weighted by Crippen LogP contribution is -2.53. The SMILES string of the molecule is C=C(/C=C\C)n1c(OC2C[C@@H](C(N)=O)N(C(=O)[C@H](CCCCC/C=C\[C@@H]3C[C@@H]3C(=O)NS(=O)(=O)N(C)C)NC(=O)OC(C)(C)C)C2)nc2ccccc21. The Balaban J connectivity index is 1.38. The van der Waals surface area contributed by atoms with E-state index in [4.69, 9.17) is 15.2 Å². The molecule has 2 aliphatic rings. The maximum absolute atomic E-state index is 14.1. The van der Waals surface area contributed by atoms with Gasteiger partial charge in [-0.2, -0.15) is 17.7 Å². The summed E-state index contributed by atoms with van der Waals surface area (Å²) in [5.41, 5.74) is 7.12. The van der Waals surface area contributed by atoms with Crippen LogP contribution in [0.4, 0.5) is 4.79 Å². The number of ether oxygens (including phenoxy) is 2. The number of nitrogens with zero attached hydrogens (tertiary/aromatic N) is 4. The van der Waals surface area contributed by atoms with Crippen LogP contribution in [0.15, 0.2) is 55.1 Å². The van der Waals surface area contributed by atoms with Crippen molar-refractivity contribution in [3.8, 4) is 6.01 Å². The summed E-state index contributed by atoms with van der Waals surface area (Å²) in [5, 5.41) is 2.72. The van der Waals surface area contributed by atoms with Crippen LogP contribution in [-0.2, 0) is 29.3 Å². The fourth-order valence-corrected chi connectivity index (χ4v) is 6.75. The van der Waals surface area contributed by atoms with E-state index in [0.29, 0.717) is 30.5 Å². The minimum Gasteiger partial charge on any atom is -0.459 e. The molecule has 0 bridgehead atoms. The standard InChI is InChI=1S/C37H53N7O8S/c1-8-16-24(2)44-30-20-15-14-18-28(30)39-35(44)51-26-22-31(32(38)45)43(23-26)34(47)29(40-36(48)52-37(3,4)5)19-13-11-9-10-12-17-25-21-27(25)33(46)41-53(49,50)42(6)7/h8,12,14-18,20,25-27,29,31H,2,9-11,13,19,21-23H2,1,3-7H3,(H2,38,45)(H,40,48)(H,41,46)/b16-8-,17-12-/t25-,26?,27+,29+,31+/m1/s1. The van der Waals surface area contributed by atoms with Crippen molar-refractivity contribution in [2.75, 3.05) is 20.6 Å². The second-order valence-electron chi connectivity index (χ2n) is 14.6. The van der Waals surface area contributed by atoms with Crippen molar-refractivity contribution in [2.45, 2.75) is 96.4 Å². The summed E-state index contributed by atoms with van der Waals surface area (Å²) in [5.74, 6) is -2.04. The Labute approximate surface area is 311 Å². The highest BCUT2D eigenvalue weighted by atomic mass is 32.2. The maximum atomic E-state index is 14.1.